The molecule has 1 aliphatic heterocycles. The fourth-order valence-electron chi connectivity index (χ4n) is 3.00. The highest BCUT2D eigenvalue weighted by molar-refractivity contribution is 5.07. The minimum Gasteiger partial charge on any atom is -0.381 e. The fraction of sp³-hybridized carbons (Fsp3) is 0.857. The smallest absolute Gasteiger partial charge is 0.0469 e. The van der Waals surface area contributed by atoms with Crippen LogP contribution in [0.2, 0.25) is 0 Å². The van der Waals surface area contributed by atoms with Gasteiger partial charge in [0.25, 0.3) is 0 Å². The summed E-state index contributed by atoms with van der Waals surface area (Å²) in [6.45, 7) is 1.92. The summed E-state index contributed by atoms with van der Waals surface area (Å²) in [6.07, 6.45) is 11.6. The molecule has 0 aromatic carbocycles. The van der Waals surface area contributed by atoms with Crippen molar-refractivity contribution in [1.82, 2.24) is 5.32 Å². The normalized spacial score (nSPS) is 25.2. The lowest BCUT2D eigenvalue weighted by molar-refractivity contribution is 0.0546. The predicted molar refractivity (Wildman–Crippen MR) is 67.6 cm³/mol. The molecule has 0 bridgehead atoms. The summed E-state index contributed by atoms with van der Waals surface area (Å²) in [5.74, 6) is 0.821. The van der Waals surface area contributed by atoms with E-state index in [-0.39, 0.29) is 0 Å². The van der Waals surface area contributed by atoms with Gasteiger partial charge in [0.05, 0.1) is 0 Å². The molecular weight excluding hydrogens is 198 g/mol. The molecule has 1 heterocycles. The van der Waals surface area contributed by atoms with Crippen LogP contribution in [0.1, 0.15) is 44.9 Å². The lowest BCUT2D eigenvalue weighted by Crippen LogP contribution is -2.37. The van der Waals surface area contributed by atoms with Gasteiger partial charge in [-0.2, -0.15) is 0 Å². The van der Waals surface area contributed by atoms with Gasteiger partial charge in [-0.1, -0.05) is 11.6 Å². The summed E-state index contributed by atoms with van der Waals surface area (Å²) in [6, 6.07) is 0.674. The summed E-state index contributed by atoms with van der Waals surface area (Å²) in [7, 11) is 2.11. The van der Waals surface area contributed by atoms with E-state index in [9.17, 15) is 0 Å². The van der Waals surface area contributed by atoms with Crippen LogP contribution in [0.5, 0.6) is 0 Å². The van der Waals surface area contributed by atoms with Gasteiger partial charge in [-0.3, -0.25) is 0 Å². The van der Waals surface area contributed by atoms with E-state index in [4.69, 9.17) is 4.74 Å². The monoisotopic (exact) mass is 223 g/mol. The van der Waals surface area contributed by atoms with E-state index in [1.165, 1.54) is 44.9 Å². The highest BCUT2D eigenvalue weighted by Crippen LogP contribution is 2.27. The molecule has 0 aromatic rings. The number of allylic oxidation sites excluding steroid dienone is 1. The Bertz CT molecular complexity index is 231. The van der Waals surface area contributed by atoms with Crippen LogP contribution < -0.4 is 5.32 Å². The zero-order chi connectivity index (χ0) is 11.2. The number of ether oxygens (including phenoxy) is 1. The van der Waals surface area contributed by atoms with Gasteiger partial charge in [0.15, 0.2) is 0 Å². The standard InChI is InChI=1S/C14H25NO/c1-15-14(13-7-9-16-10-8-13)11-12-5-3-2-4-6-12/h5,13-15H,2-4,6-11H2,1H3. The molecule has 0 amide bonds. The maximum atomic E-state index is 5.44. The number of rotatable bonds is 4. The Hall–Kier alpha value is -0.340. The first kappa shape index (κ1) is 12.1. The van der Waals surface area contributed by atoms with E-state index in [0.29, 0.717) is 6.04 Å². The van der Waals surface area contributed by atoms with Crippen molar-refractivity contribution in [2.45, 2.75) is 51.0 Å². The minimum absolute atomic E-state index is 0.674. The molecule has 1 unspecified atom stereocenters. The Morgan fingerprint density at radius 1 is 1.38 bits per heavy atom. The van der Waals surface area contributed by atoms with Gasteiger partial charge in [0.1, 0.15) is 0 Å². The highest BCUT2D eigenvalue weighted by Gasteiger charge is 2.23. The van der Waals surface area contributed by atoms with E-state index in [1.54, 1.807) is 5.57 Å². The van der Waals surface area contributed by atoms with Gasteiger partial charge in [-0.25, -0.2) is 0 Å². The molecular formula is C14H25NO. The average Bonchev–Trinajstić information content (AvgIpc) is 2.38. The Morgan fingerprint density at radius 2 is 2.19 bits per heavy atom. The third-order valence-corrected chi connectivity index (χ3v) is 4.07. The van der Waals surface area contributed by atoms with Crippen molar-refractivity contribution in [3.63, 3.8) is 0 Å². The van der Waals surface area contributed by atoms with Crippen LogP contribution in [-0.4, -0.2) is 26.3 Å². The van der Waals surface area contributed by atoms with E-state index in [0.717, 1.165) is 19.1 Å². The van der Waals surface area contributed by atoms with Gasteiger partial charge in [0.2, 0.25) is 0 Å². The first-order valence-electron chi connectivity index (χ1n) is 6.83. The van der Waals surface area contributed by atoms with Gasteiger partial charge in [-0.15, -0.1) is 0 Å². The quantitative estimate of drug-likeness (QED) is 0.740. The third-order valence-electron chi connectivity index (χ3n) is 4.07. The molecule has 2 rings (SSSR count). The summed E-state index contributed by atoms with van der Waals surface area (Å²) in [5.41, 5.74) is 1.69. The molecule has 0 saturated carbocycles. The van der Waals surface area contributed by atoms with Crippen molar-refractivity contribution < 1.29 is 4.74 Å². The van der Waals surface area contributed by atoms with Gasteiger partial charge < -0.3 is 10.1 Å². The van der Waals surface area contributed by atoms with Gasteiger partial charge >= 0.3 is 0 Å². The van der Waals surface area contributed by atoms with Crippen molar-refractivity contribution in [2.24, 2.45) is 5.92 Å². The molecule has 0 radical (unpaired) electrons. The molecule has 0 aromatic heterocycles. The first-order valence-corrected chi connectivity index (χ1v) is 6.83. The van der Waals surface area contributed by atoms with Crippen molar-refractivity contribution in [3.05, 3.63) is 11.6 Å². The Morgan fingerprint density at radius 3 is 2.81 bits per heavy atom. The number of hydrogen-bond donors (Lipinski definition) is 1. The summed E-state index contributed by atoms with van der Waals surface area (Å²) in [5, 5.41) is 3.52. The number of hydrogen-bond acceptors (Lipinski definition) is 2. The summed E-state index contributed by atoms with van der Waals surface area (Å²) < 4.78 is 5.44. The molecule has 2 heteroatoms. The average molecular weight is 223 g/mol. The van der Waals surface area contributed by atoms with E-state index in [1.807, 2.05) is 0 Å². The van der Waals surface area contributed by atoms with Crippen LogP contribution in [0, 0.1) is 5.92 Å². The second-order valence-corrected chi connectivity index (χ2v) is 5.16. The highest BCUT2D eigenvalue weighted by atomic mass is 16.5. The van der Waals surface area contributed by atoms with Gasteiger partial charge in [0, 0.05) is 19.3 Å². The summed E-state index contributed by atoms with van der Waals surface area (Å²) in [4.78, 5) is 0. The minimum atomic E-state index is 0.674. The molecule has 2 aliphatic rings. The van der Waals surface area contributed by atoms with Crippen LogP contribution in [0.4, 0.5) is 0 Å². The first-order chi connectivity index (χ1) is 7.90. The zero-order valence-electron chi connectivity index (χ0n) is 10.5. The Labute approximate surface area is 99.4 Å². The third kappa shape index (κ3) is 3.33. The molecule has 1 saturated heterocycles. The van der Waals surface area contributed by atoms with Crippen LogP contribution in [0.3, 0.4) is 0 Å². The number of nitrogens with one attached hydrogen (secondary N) is 1. The fourth-order valence-corrected chi connectivity index (χ4v) is 3.00. The maximum absolute atomic E-state index is 5.44. The lowest BCUT2D eigenvalue weighted by atomic mass is 9.85. The topological polar surface area (TPSA) is 21.3 Å². The van der Waals surface area contributed by atoms with Crippen LogP contribution >= 0.6 is 0 Å². The van der Waals surface area contributed by atoms with Gasteiger partial charge in [-0.05, 0) is 57.9 Å². The largest absolute Gasteiger partial charge is 0.381 e. The van der Waals surface area contributed by atoms with Crippen molar-refractivity contribution in [3.8, 4) is 0 Å². The lowest BCUT2D eigenvalue weighted by Gasteiger charge is -2.31. The molecule has 1 N–H and O–H groups in total. The van der Waals surface area contributed by atoms with Crippen LogP contribution in [-0.2, 0) is 4.74 Å². The Balaban J connectivity index is 1.86. The molecule has 2 nitrogen and oxygen atoms in total. The second kappa shape index (κ2) is 6.41. The SMILES string of the molecule is CNC(CC1=CCCCC1)C1CCOCC1. The zero-order valence-corrected chi connectivity index (χ0v) is 10.5. The van der Waals surface area contributed by atoms with Crippen LogP contribution in [0.15, 0.2) is 11.6 Å². The second-order valence-electron chi connectivity index (χ2n) is 5.16. The van der Waals surface area contributed by atoms with E-state index >= 15 is 0 Å². The molecule has 0 spiro atoms. The van der Waals surface area contributed by atoms with Crippen molar-refractivity contribution in [1.29, 1.82) is 0 Å². The molecule has 1 atom stereocenters. The van der Waals surface area contributed by atoms with Crippen molar-refractivity contribution >= 4 is 0 Å². The van der Waals surface area contributed by atoms with E-state index in [2.05, 4.69) is 18.4 Å². The molecule has 92 valence electrons. The molecule has 16 heavy (non-hydrogen) atoms. The molecule has 1 aliphatic carbocycles. The van der Waals surface area contributed by atoms with Crippen LogP contribution in [0.25, 0.3) is 0 Å². The maximum Gasteiger partial charge on any atom is 0.0469 e. The summed E-state index contributed by atoms with van der Waals surface area (Å²) >= 11 is 0. The predicted octanol–water partition coefficient (Wildman–Crippen LogP) is 2.89. The van der Waals surface area contributed by atoms with Crippen molar-refractivity contribution in [2.75, 3.05) is 20.3 Å². The van der Waals surface area contributed by atoms with E-state index < -0.39 is 0 Å². The Kier molecular flexibility index (Phi) is 4.86. The molecule has 1 fully saturated rings.